The van der Waals surface area contributed by atoms with Crippen molar-refractivity contribution in [1.29, 1.82) is 0 Å². The molecule has 0 N–H and O–H groups in total. The summed E-state index contributed by atoms with van der Waals surface area (Å²) in [6, 6.07) is 8.08. The molecule has 0 saturated carbocycles. The maximum absolute atomic E-state index is 14.1. The Morgan fingerprint density at radius 1 is 1.10 bits per heavy atom. The molecule has 2 aromatic rings. The van der Waals surface area contributed by atoms with Crippen LogP contribution in [0.5, 0.6) is 0 Å². The van der Waals surface area contributed by atoms with Crippen molar-refractivity contribution in [3.8, 4) is 0 Å². The highest BCUT2D eigenvalue weighted by atomic mass is 35.5. The lowest BCUT2D eigenvalue weighted by atomic mass is 9.89. The smallest absolute Gasteiger partial charge is 0.162 e. The molecule has 0 spiro atoms. The lowest BCUT2D eigenvalue weighted by Crippen LogP contribution is -2.09. The molecule has 0 amide bonds. The standard InChI is InChI=1S/C17H16ClF2N/c1-10-7-8-11(12-4-2-6-14(19)16(12)20)15(18)13-5-3-9-21-17(10)13/h2-6,9-11,15H,7-8H2,1H3/t10-,11+,15-/m1/s1. The Balaban J connectivity index is 2.07. The predicted octanol–water partition coefficient (Wildman–Crippen LogP) is 5.32. The van der Waals surface area contributed by atoms with Crippen LogP contribution in [0.25, 0.3) is 0 Å². The van der Waals surface area contributed by atoms with Crippen molar-refractivity contribution in [2.75, 3.05) is 0 Å². The molecule has 110 valence electrons. The zero-order valence-corrected chi connectivity index (χ0v) is 12.4. The van der Waals surface area contributed by atoms with E-state index in [9.17, 15) is 8.78 Å². The molecule has 0 aliphatic heterocycles. The first-order chi connectivity index (χ1) is 10.1. The first kappa shape index (κ1) is 14.5. The first-order valence-corrected chi connectivity index (χ1v) is 7.56. The van der Waals surface area contributed by atoms with E-state index in [1.807, 2.05) is 12.1 Å². The van der Waals surface area contributed by atoms with Gasteiger partial charge in [-0.25, -0.2) is 8.78 Å². The number of benzene rings is 1. The number of nitrogens with zero attached hydrogens (tertiary/aromatic N) is 1. The van der Waals surface area contributed by atoms with Crippen LogP contribution in [-0.2, 0) is 0 Å². The minimum Gasteiger partial charge on any atom is -0.261 e. The van der Waals surface area contributed by atoms with Crippen LogP contribution in [0.2, 0.25) is 0 Å². The van der Waals surface area contributed by atoms with E-state index in [1.165, 1.54) is 6.07 Å². The van der Waals surface area contributed by atoms with Gasteiger partial charge in [0.1, 0.15) is 0 Å². The molecule has 1 aliphatic carbocycles. The van der Waals surface area contributed by atoms with Crippen molar-refractivity contribution >= 4 is 11.6 Å². The van der Waals surface area contributed by atoms with Crippen molar-refractivity contribution in [1.82, 2.24) is 4.98 Å². The highest BCUT2D eigenvalue weighted by molar-refractivity contribution is 6.21. The second kappa shape index (κ2) is 5.72. The summed E-state index contributed by atoms with van der Waals surface area (Å²) in [5.41, 5.74) is 2.26. The van der Waals surface area contributed by atoms with E-state index in [0.29, 0.717) is 12.0 Å². The molecule has 21 heavy (non-hydrogen) atoms. The SMILES string of the molecule is C[C@@H]1CC[C@@H](c2cccc(F)c2F)[C@@H](Cl)c2cccnc21. The third-order valence-corrected chi connectivity index (χ3v) is 4.82. The summed E-state index contributed by atoms with van der Waals surface area (Å²) in [6.07, 6.45) is 3.32. The molecule has 0 bridgehead atoms. The van der Waals surface area contributed by atoms with Crippen LogP contribution in [0.3, 0.4) is 0 Å². The van der Waals surface area contributed by atoms with Gasteiger partial charge in [0, 0.05) is 17.8 Å². The quantitative estimate of drug-likeness (QED) is 0.513. The van der Waals surface area contributed by atoms with Gasteiger partial charge in [-0.3, -0.25) is 4.98 Å². The summed E-state index contributed by atoms with van der Waals surface area (Å²) < 4.78 is 27.6. The molecule has 1 aromatic carbocycles. The topological polar surface area (TPSA) is 12.9 Å². The Morgan fingerprint density at radius 3 is 2.67 bits per heavy atom. The molecule has 0 fully saturated rings. The van der Waals surface area contributed by atoms with E-state index >= 15 is 0 Å². The number of fused-ring (bicyclic) bond motifs is 1. The molecule has 4 heteroatoms. The van der Waals surface area contributed by atoms with Crippen molar-refractivity contribution in [3.63, 3.8) is 0 Å². The highest BCUT2D eigenvalue weighted by Crippen LogP contribution is 2.46. The molecule has 1 heterocycles. The van der Waals surface area contributed by atoms with E-state index in [-0.39, 0.29) is 11.8 Å². The molecular formula is C17H16ClF2N. The van der Waals surface area contributed by atoms with Crippen molar-refractivity contribution < 1.29 is 8.78 Å². The number of rotatable bonds is 1. The molecule has 1 nitrogen and oxygen atoms in total. The maximum Gasteiger partial charge on any atom is 0.162 e. The van der Waals surface area contributed by atoms with Gasteiger partial charge in [0.2, 0.25) is 0 Å². The average Bonchev–Trinajstić information content (AvgIpc) is 2.62. The van der Waals surface area contributed by atoms with Crippen molar-refractivity contribution in [3.05, 3.63) is 65.0 Å². The summed E-state index contributed by atoms with van der Waals surface area (Å²) in [4.78, 5) is 4.43. The zero-order chi connectivity index (χ0) is 15.0. The van der Waals surface area contributed by atoms with Gasteiger partial charge >= 0.3 is 0 Å². The van der Waals surface area contributed by atoms with Gasteiger partial charge in [-0.15, -0.1) is 11.6 Å². The molecular weight excluding hydrogens is 292 g/mol. The van der Waals surface area contributed by atoms with Gasteiger partial charge in [0.15, 0.2) is 11.6 Å². The number of alkyl halides is 1. The molecule has 1 aliphatic rings. The summed E-state index contributed by atoms with van der Waals surface area (Å²) in [5.74, 6) is -1.58. The van der Waals surface area contributed by atoms with Gasteiger partial charge in [-0.1, -0.05) is 25.1 Å². The van der Waals surface area contributed by atoms with Crippen LogP contribution >= 0.6 is 11.6 Å². The minimum atomic E-state index is -0.819. The Bertz CT molecular complexity index is 659. The number of hydrogen-bond acceptors (Lipinski definition) is 1. The fourth-order valence-electron chi connectivity index (χ4n) is 3.12. The third-order valence-electron chi connectivity index (χ3n) is 4.28. The van der Waals surface area contributed by atoms with E-state index < -0.39 is 17.0 Å². The van der Waals surface area contributed by atoms with Crippen LogP contribution in [0.1, 0.15) is 53.8 Å². The van der Waals surface area contributed by atoms with Crippen LogP contribution in [0.4, 0.5) is 8.78 Å². The Kier molecular flexibility index (Phi) is 3.94. The van der Waals surface area contributed by atoms with Gasteiger partial charge in [0.05, 0.1) is 5.38 Å². The molecule has 1 aromatic heterocycles. The minimum absolute atomic E-state index is 0.240. The molecule has 3 rings (SSSR count). The fourth-order valence-corrected chi connectivity index (χ4v) is 3.57. The molecule has 3 atom stereocenters. The highest BCUT2D eigenvalue weighted by Gasteiger charge is 2.32. The third kappa shape index (κ3) is 2.55. The summed E-state index contributed by atoms with van der Waals surface area (Å²) in [5, 5.41) is -0.394. The van der Waals surface area contributed by atoms with Gasteiger partial charge in [0.25, 0.3) is 0 Å². The predicted molar refractivity (Wildman–Crippen MR) is 79.6 cm³/mol. The van der Waals surface area contributed by atoms with Crippen LogP contribution in [0.15, 0.2) is 36.5 Å². The number of hydrogen-bond donors (Lipinski definition) is 0. The van der Waals surface area contributed by atoms with E-state index in [0.717, 1.165) is 23.7 Å². The van der Waals surface area contributed by atoms with E-state index in [2.05, 4.69) is 11.9 Å². The monoisotopic (exact) mass is 307 g/mol. The fraction of sp³-hybridized carbons (Fsp3) is 0.353. The van der Waals surface area contributed by atoms with E-state index in [1.54, 1.807) is 12.3 Å². The van der Waals surface area contributed by atoms with Crippen LogP contribution < -0.4 is 0 Å². The molecule has 0 radical (unpaired) electrons. The molecule has 0 unspecified atom stereocenters. The second-order valence-electron chi connectivity index (χ2n) is 5.61. The summed E-state index contributed by atoms with van der Waals surface area (Å²) in [6.45, 7) is 2.10. The Hall–Kier alpha value is -1.48. The van der Waals surface area contributed by atoms with Crippen molar-refractivity contribution in [2.24, 2.45) is 0 Å². The second-order valence-corrected chi connectivity index (χ2v) is 6.08. The van der Waals surface area contributed by atoms with Crippen molar-refractivity contribution in [2.45, 2.75) is 37.0 Å². The first-order valence-electron chi connectivity index (χ1n) is 7.12. The largest absolute Gasteiger partial charge is 0.261 e. The zero-order valence-electron chi connectivity index (χ0n) is 11.7. The lowest BCUT2D eigenvalue weighted by molar-refractivity contribution is 0.473. The number of pyridine rings is 1. The van der Waals surface area contributed by atoms with Crippen LogP contribution in [-0.4, -0.2) is 4.98 Å². The van der Waals surface area contributed by atoms with Gasteiger partial charge in [-0.05, 0) is 42.0 Å². The average molecular weight is 308 g/mol. The Morgan fingerprint density at radius 2 is 1.86 bits per heavy atom. The lowest BCUT2D eigenvalue weighted by Gasteiger charge is -2.22. The summed E-state index contributed by atoms with van der Waals surface area (Å²) >= 11 is 6.61. The molecule has 0 saturated heterocycles. The van der Waals surface area contributed by atoms with Gasteiger partial charge < -0.3 is 0 Å². The number of aromatic nitrogens is 1. The Labute approximate surface area is 128 Å². The normalized spacial score (nSPS) is 25.2. The van der Waals surface area contributed by atoms with Gasteiger partial charge in [-0.2, -0.15) is 0 Å². The maximum atomic E-state index is 14.1. The summed E-state index contributed by atoms with van der Waals surface area (Å²) in [7, 11) is 0. The number of halogens is 3. The van der Waals surface area contributed by atoms with E-state index in [4.69, 9.17) is 11.6 Å². The van der Waals surface area contributed by atoms with Crippen LogP contribution in [0, 0.1) is 11.6 Å².